The van der Waals surface area contributed by atoms with E-state index in [2.05, 4.69) is 5.10 Å². The number of carbonyl (C=O) groups excluding carboxylic acids is 2. The average molecular weight is 396 g/mol. The molecule has 1 aliphatic heterocycles. The maximum absolute atomic E-state index is 13.6. The quantitative estimate of drug-likeness (QED) is 0.813. The molecule has 0 spiro atoms. The molecule has 1 aromatic heterocycles. The molecule has 7 heteroatoms. The van der Waals surface area contributed by atoms with Gasteiger partial charge in [-0.05, 0) is 51.3 Å². The Hall–Kier alpha value is -2.67. The molecule has 1 saturated carbocycles. The Labute approximate surface area is 170 Å². The highest BCUT2D eigenvalue weighted by atomic mass is 16.5. The Balaban J connectivity index is 1.67. The fraction of sp³-hybridized carbons (Fsp3) is 0.500. The second kappa shape index (κ2) is 7.63. The van der Waals surface area contributed by atoms with Crippen LogP contribution in [0.3, 0.4) is 0 Å². The zero-order chi connectivity index (χ0) is 20.7. The largest absolute Gasteiger partial charge is 0.369 e. The third-order valence-electron chi connectivity index (χ3n) is 5.72. The van der Waals surface area contributed by atoms with Gasteiger partial charge in [0.05, 0.1) is 17.9 Å². The standard InChI is InChI=1S/C22H28N4O3/c1-4-26-20-14(3)29-13(2)10-18(20)19(24-26)22(28)25(17-8-9-17)12-15-6-5-7-16(11-15)21(23)27/h5-7,11,13-14,17H,4,8-10,12H2,1-3H3,(H2,23,27)/t13-,14+/m1/s1. The maximum Gasteiger partial charge on any atom is 0.275 e. The number of rotatable bonds is 6. The molecular weight excluding hydrogens is 368 g/mol. The van der Waals surface area contributed by atoms with E-state index in [4.69, 9.17) is 10.5 Å². The highest BCUT2D eigenvalue weighted by molar-refractivity contribution is 5.95. The second-order valence-corrected chi connectivity index (χ2v) is 8.05. The molecule has 2 aliphatic rings. The predicted molar refractivity (Wildman–Crippen MR) is 108 cm³/mol. The van der Waals surface area contributed by atoms with E-state index in [0.29, 0.717) is 30.8 Å². The molecule has 2 N–H and O–H groups in total. The van der Waals surface area contributed by atoms with E-state index in [9.17, 15) is 9.59 Å². The maximum atomic E-state index is 13.6. The van der Waals surface area contributed by atoms with Crippen molar-refractivity contribution in [2.45, 2.75) is 71.4 Å². The lowest BCUT2D eigenvalue weighted by Gasteiger charge is -2.27. The van der Waals surface area contributed by atoms with E-state index >= 15 is 0 Å². The zero-order valence-corrected chi connectivity index (χ0v) is 17.2. The molecule has 2 amide bonds. The Morgan fingerprint density at radius 1 is 1.31 bits per heavy atom. The molecule has 0 saturated heterocycles. The van der Waals surface area contributed by atoms with Crippen molar-refractivity contribution >= 4 is 11.8 Å². The summed E-state index contributed by atoms with van der Waals surface area (Å²) in [6, 6.07) is 7.41. The van der Waals surface area contributed by atoms with Gasteiger partial charge in [-0.3, -0.25) is 14.3 Å². The number of aromatic nitrogens is 2. The van der Waals surface area contributed by atoms with Gasteiger partial charge in [0.15, 0.2) is 5.69 Å². The van der Waals surface area contributed by atoms with Crippen molar-refractivity contribution in [3.05, 3.63) is 52.3 Å². The lowest BCUT2D eigenvalue weighted by Crippen LogP contribution is -2.34. The summed E-state index contributed by atoms with van der Waals surface area (Å²) >= 11 is 0. The van der Waals surface area contributed by atoms with Crippen LogP contribution in [0, 0.1) is 0 Å². The highest BCUT2D eigenvalue weighted by Gasteiger charge is 2.38. The molecule has 1 aliphatic carbocycles. The molecule has 2 heterocycles. The second-order valence-electron chi connectivity index (χ2n) is 8.05. The Kier molecular flexibility index (Phi) is 5.17. The van der Waals surface area contributed by atoms with Crippen molar-refractivity contribution in [1.82, 2.24) is 14.7 Å². The van der Waals surface area contributed by atoms with Crippen LogP contribution in [-0.4, -0.2) is 38.6 Å². The first-order chi connectivity index (χ1) is 13.9. The van der Waals surface area contributed by atoms with E-state index in [1.165, 1.54) is 0 Å². The van der Waals surface area contributed by atoms with Crippen LogP contribution in [-0.2, 0) is 24.2 Å². The summed E-state index contributed by atoms with van der Waals surface area (Å²) in [5, 5.41) is 4.68. The first kappa shape index (κ1) is 19.6. The van der Waals surface area contributed by atoms with E-state index in [1.807, 2.05) is 36.4 Å². The summed E-state index contributed by atoms with van der Waals surface area (Å²) in [6.07, 6.45) is 2.66. The highest BCUT2D eigenvalue weighted by Crippen LogP contribution is 2.35. The van der Waals surface area contributed by atoms with Crippen LogP contribution in [0.15, 0.2) is 24.3 Å². The number of amides is 2. The molecule has 2 atom stereocenters. The Morgan fingerprint density at radius 2 is 2.07 bits per heavy atom. The third-order valence-corrected chi connectivity index (χ3v) is 5.72. The zero-order valence-electron chi connectivity index (χ0n) is 17.2. The van der Waals surface area contributed by atoms with Gasteiger partial charge < -0.3 is 15.4 Å². The van der Waals surface area contributed by atoms with Crippen molar-refractivity contribution < 1.29 is 14.3 Å². The number of nitrogens with two attached hydrogens (primary N) is 1. The van der Waals surface area contributed by atoms with Gasteiger partial charge in [0, 0.05) is 36.7 Å². The summed E-state index contributed by atoms with van der Waals surface area (Å²) in [5.41, 5.74) is 9.34. The number of hydrogen-bond acceptors (Lipinski definition) is 4. The van der Waals surface area contributed by atoms with Gasteiger partial charge in [0.2, 0.25) is 5.91 Å². The predicted octanol–water partition coefficient (Wildman–Crippen LogP) is 2.83. The molecule has 4 rings (SSSR count). The summed E-state index contributed by atoms with van der Waals surface area (Å²) in [5.74, 6) is -0.503. The monoisotopic (exact) mass is 396 g/mol. The van der Waals surface area contributed by atoms with Crippen molar-refractivity contribution in [2.24, 2.45) is 5.73 Å². The van der Waals surface area contributed by atoms with Crippen LogP contribution < -0.4 is 5.73 Å². The SMILES string of the molecule is CCn1nc(C(=O)N(Cc2cccc(C(N)=O)c2)C2CC2)c2c1[C@H](C)O[C@H](C)C2. The van der Waals surface area contributed by atoms with Gasteiger partial charge in [-0.15, -0.1) is 0 Å². The van der Waals surface area contributed by atoms with Crippen LogP contribution in [0.1, 0.15) is 77.4 Å². The number of carbonyl (C=O) groups is 2. The molecule has 7 nitrogen and oxygen atoms in total. The molecular formula is C22H28N4O3. The molecule has 2 aromatic rings. The summed E-state index contributed by atoms with van der Waals surface area (Å²) < 4.78 is 7.87. The van der Waals surface area contributed by atoms with E-state index in [-0.39, 0.29) is 24.2 Å². The number of fused-ring (bicyclic) bond motifs is 1. The Bertz CT molecular complexity index is 948. The van der Waals surface area contributed by atoms with Crippen LogP contribution in [0.25, 0.3) is 0 Å². The van der Waals surface area contributed by atoms with Crippen LogP contribution in [0.4, 0.5) is 0 Å². The number of benzene rings is 1. The fourth-order valence-electron chi connectivity index (χ4n) is 4.24. The minimum absolute atomic E-state index is 0.0401. The smallest absolute Gasteiger partial charge is 0.275 e. The molecule has 0 radical (unpaired) electrons. The summed E-state index contributed by atoms with van der Waals surface area (Å²) in [7, 11) is 0. The van der Waals surface area contributed by atoms with Crippen LogP contribution >= 0.6 is 0 Å². The number of aryl methyl sites for hydroxylation is 1. The van der Waals surface area contributed by atoms with E-state index in [0.717, 1.165) is 29.7 Å². The summed E-state index contributed by atoms with van der Waals surface area (Å²) in [4.78, 5) is 27.0. The van der Waals surface area contributed by atoms with Gasteiger partial charge in [0.25, 0.3) is 5.91 Å². The summed E-state index contributed by atoms with van der Waals surface area (Å²) in [6.45, 7) is 7.22. The van der Waals surface area contributed by atoms with E-state index in [1.54, 1.807) is 18.2 Å². The lowest BCUT2D eigenvalue weighted by atomic mass is 9.99. The van der Waals surface area contributed by atoms with E-state index < -0.39 is 5.91 Å². The van der Waals surface area contributed by atoms with Crippen molar-refractivity contribution in [1.29, 1.82) is 0 Å². The van der Waals surface area contributed by atoms with Crippen LogP contribution in [0.2, 0.25) is 0 Å². The molecule has 0 bridgehead atoms. The average Bonchev–Trinajstić information content (AvgIpc) is 3.46. The van der Waals surface area contributed by atoms with Gasteiger partial charge in [-0.25, -0.2) is 0 Å². The first-order valence-electron chi connectivity index (χ1n) is 10.3. The van der Waals surface area contributed by atoms with Crippen molar-refractivity contribution in [3.63, 3.8) is 0 Å². The number of ether oxygens (including phenoxy) is 1. The topological polar surface area (TPSA) is 90.5 Å². The van der Waals surface area contributed by atoms with Gasteiger partial charge >= 0.3 is 0 Å². The van der Waals surface area contributed by atoms with Crippen molar-refractivity contribution in [3.8, 4) is 0 Å². The van der Waals surface area contributed by atoms with Gasteiger partial charge in [-0.2, -0.15) is 5.10 Å². The van der Waals surface area contributed by atoms with Crippen molar-refractivity contribution in [2.75, 3.05) is 0 Å². The third kappa shape index (κ3) is 3.79. The number of primary amides is 1. The molecule has 0 unspecified atom stereocenters. The van der Waals surface area contributed by atoms with Crippen LogP contribution in [0.5, 0.6) is 0 Å². The fourth-order valence-corrected chi connectivity index (χ4v) is 4.24. The Morgan fingerprint density at radius 3 is 2.72 bits per heavy atom. The number of hydrogen-bond donors (Lipinski definition) is 1. The normalized spacial score (nSPS) is 20.9. The number of nitrogens with zero attached hydrogens (tertiary/aromatic N) is 3. The molecule has 29 heavy (non-hydrogen) atoms. The van der Waals surface area contributed by atoms with Gasteiger partial charge in [-0.1, -0.05) is 12.1 Å². The molecule has 154 valence electrons. The minimum Gasteiger partial charge on any atom is -0.369 e. The first-order valence-corrected chi connectivity index (χ1v) is 10.3. The molecule has 1 fully saturated rings. The van der Waals surface area contributed by atoms with Gasteiger partial charge in [0.1, 0.15) is 0 Å². The molecule has 1 aromatic carbocycles. The lowest BCUT2D eigenvalue weighted by molar-refractivity contribution is -0.00952. The minimum atomic E-state index is -0.463.